The van der Waals surface area contributed by atoms with Crippen molar-refractivity contribution in [1.29, 1.82) is 0 Å². The van der Waals surface area contributed by atoms with Gasteiger partial charge < -0.3 is 9.52 Å². The summed E-state index contributed by atoms with van der Waals surface area (Å²) in [6, 6.07) is 13.6. The summed E-state index contributed by atoms with van der Waals surface area (Å²) >= 11 is 1.25. The highest BCUT2D eigenvalue weighted by Gasteiger charge is 2.19. The Bertz CT molecular complexity index is 1360. The first-order chi connectivity index (χ1) is 15.7. The van der Waals surface area contributed by atoms with E-state index in [1.54, 1.807) is 35.1 Å². The number of halogens is 1. The van der Waals surface area contributed by atoms with Gasteiger partial charge >= 0.3 is 0 Å². The molecule has 4 aromatic heterocycles. The summed E-state index contributed by atoms with van der Waals surface area (Å²) in [6.45, 7) is 0.157. The Balaban J connectivity index is 1.50. The maximum atomic E-state index is 14.2. The van der Waals surface area contributed by atoms with Crippen LogP contribution in [0.3, 0.4) is 0 Å². The number of nitrogens with zero attached hydrogens (tertiary/aromatic N) is 6. The van der Waals surface area contributed by atoms with E-state index in [0.717, 1.165) is 0 Å². The van der Waals surface area contributed by atoms with Crippen molar-refractivity contribution in [2.45, 2.75) is 16.5 Å². The lowest BCUT2D eigenvalue weighted by molar-refractivity contribution is 0.438. The highest BCUT2D eigenvalue weighted by molar-refractivity contribution is 7.99. The van der Waals surface area contributed by atoms with Crippen LogP contribution in [-0.2, 0) is 6.54 Å². The van der Waals surface area contributed by atoms with Crippen LogP contribution in [0, 0.1) is 5.82 Å². The molecule has 0 unspecified atom stereocenters. The lowest BCUT2D eigenvalue weighted by atomic mass is 10.2. The summed E-state index contributed by atoms with van der Waals surface area (Å²) < 4.78 is 21.2. The zero-order valence-corrected chi connectivity index (χ0v) is 17.3. The van der Waals surface area contributed by atoms with Crippen LogP contribution in [0.25, 0.3) is 23.1 Å². The third-order valence-electron chi connectivity index (χ3n) is 4.53. The van der Waals surface area contributed by atoms with Crippen LogP contribution in [0.1, 0.15) is 5.56 Å². The maximum absolute atomic E-state index is 14.2. The fraction of sp³-hybridized carbons (Fsp3) is 0.0455. The molecule has 5 aromatic rings. The van der Waals surface area contributed by atoms with E-state index in [4.69, 9.17) is 4.42 Å². The van der Waals surface area contributed by atoms with Crippen LogP contribution in [0.5, 0.6) is 5.88 Å². The van der Waals surface area contributed by atoms with E-state index >= 15 is 0 Å². The van der Waals surface area contributed by atoms with E-state index in [9.17, 15) is 9.50 Å². The SMILES string of the molecule is Oc1nc(-c2cc(-c3ncco3)n(Cc3ccccc3F)n2)ncc1Sc1ccccn1. The third kappa shape index (κ3) is 4.08. The number of aromatic hydroxyl groups is 1. The van der Waals surface area contributed by atoms with Crippen molar-refractivity contribution in [2.24, 2.45) is 0 Å². The zero-order chi connectivity index (χ0) is 21.9. The Morgan fingerprint density at radius 3 is 2.66 bits per heavy atom. The molecule has 0 radical (unpaired) electrons. The minimum Gasteiger partial charge on any atom is -0.492 e. The summed E-state index contributed by atoms with van der Waals surface area (Å²) in [5, 5.41) is 15.7. The quantitative estimate of drug-likeness (QED) is 0.409. The highest BCUT2D eigenvalue weighted by Crippen LogP contribution is 2.33. The van der Waals surface area contributed by atoms with Gasteiger partial charge in [0.05, 0.1) is 17.6 Å². The zero-order valence-electron chi connectivity index (χ0n) is 16.5. The van der Waals surface area contributed by atoms with E-state index in [0.29, 0.717) is 32.8 Å². The molecule has 5 rings (SSSR count). The van der Waals surface area contributed by atoms with E-state index in [1.807, 2.05) is 18.2 Å². The van der Waals surface area contributed by atoms with Crippen molar-refractivity contribution in [3.8, 4) is 29.0 Å². The molecule has 32 heavy (non-hydrogen) atoms. The number of hydrogen-bond acceptors (Lipinski definition) is 8. The highest BCUT2D eigenvalue weighted by atomic mass is 32.2. The molecule has 0 aliphatic rings. The van der Waals surface area contributed by atoms with Gasteiger partial charge in [0.15, 0.2) is 5.82 Å². The summed E-state index contributed by atoms with van der Waals surface area (Å²) in [5.41, 5.74) is 1.38. The van der Waals surface area contributed by atoms with Crippen molar-refractivity contribution in [2.75, 3.05) is 0 Å². The molecule has 0 aliphatic heterocycles. The number of oxazole rings is 1. The van der Waals surface area contributed by atoms with Gasteiger partial charge in [-0.3, -0.25) is 4.68 Å². The first-order valence-electron chi connectivity index (χ1n) is 9.54. The summed E-state index contributed by atoms with van der Waals surface area (Å²) in [6.07, 6.45) is 6.14. The average molecular weight is 446 g/mol. The lowest BCUT2D eigenvalue weighted by Gasteiger charge is -2.06. The molecule has 0 saturated carbocycles. The maximum Gasteiger partial charge on any atom is 0.244 e. The molecule has 4 heterocycles. The van der Waals surface area contributed by atoms with Gasteiger partial charge in [-0.05, 0) is 18.2 Å². The van der Waals surface area contributed by atoms with Crippen LogP contribution in [-0.4, -0.2) is 34.8 Å². The third-order valence-corrected chi connectivity index (χ3v) is 5.49. The monoisotopic (exact) mass is 446 g/mol. The molecular formula is C22H15FN6O2S. The molecular weight excluding hydrogens is 431 g/mol. The second-order valence-electron chi connectivity index (χ2n) is 6.65. The fourth-order valence-corrected chi connectivity index (χ4v) is 3.76. The largest absolute Gasteiger partial charge is 0.492 e. The van der Waals surface area contributed by atoms with Gasteiger partial charge in [0.25, 0.3) is 0 Å². The van der Waals surface area contributed by atoms with Crippen molar-refractivity contribution >= 4 is 11.8 Å². The first-order valence-corrected chi connectivity index (χ1v) is 10.4. The molecule has 0 atom stereocenters. The van der Waals surface area contributed by atoms with Gasteiger partial charge in [-0.2, -0.15) is 10.1 Å². The molecule has 158 valence electrons. The van der Waals surface area contributed by atoms with Crippen LogP contribution in [0.2, 0.25) is 0 Å². The molecule has 0 fully saturated rings. The van der Waals surface area contributed by atoms with E-state index in [2.05, 4.69) is 25.0 Å². The van der Waals surface area contributed by atoms with Crippen LogP contribution >= 0.6 is 11.8 Å². The van der Waals surface area contributed by atoms with Crippen molar-refractivity contribution in [3.63, 3.8) is 0 Å². The molecule has 0 amide bonds. The number of benzene rings is 1. The Morgan fingerprint density at radius 1 is 1.03 bits per heavy atom. The lowest BCUT2D eigenvalue weighted by Crippen LogP contribution is -2.06. The Hall–Kier alpha value is -4.05. The molecule has 10 heteroatoms. The van der Waals surface area contributed by atoms with Gasteiger partial charge in [-0.1, -0.05) is 36.0 Å². The Morgan fingerprint density at radius 2 is 1.91 bits per heavy atom. The fourth-order valence-electron chi connectivity index (χ4n) is 3.03. The van der Waals surface area contributed by atoms with Crippen LogP contribution in [0.4, 0.5) is 4.39 Å². The van der Waals surface area contributed by atoms with E-state index in [-0.39, 0.29) is 24.1 Å². The predicted octanol–water partition coefficient (Wildman–Crippen LogP) is 4.43. The standard InChI is InChI=1S/C22H15FN6O2S/c23-15-6-2-1-5-14(15)13-29-17(22-25-9-10-31-22)11-16(28-29)20-26-12-18(21(30)27-20)32-19-7-3-4-8-24-19/h1-12H,13H2,(H,26,27,30). The van der Waals surface area contributed by atoms with Crippen molar-refractivity contribution in [1.82, 2.24) is 29.7 Å². The molecule has 1 aromatic carbocycles. The molecule has 0 aliphatic carbocycles. The van der Waals surface area contributed by atoms with Gasteiger partial charge in [0.2, 0.25) is 11.8 Å². The Labute approximate surface area is 185 Å². The van der Waals surface area contributed by atoms with Gasteiger partial charge in [-0.15, -0.1) is 0 Å². The minimum atomic E-state index is -0.340. The smallest absolute Gasteiger partial charge is 0.244 e. The van der Waals surface area contributed by atoms with Crippen LogP contribution in [0.15, 0.2) is 87.7 Å². The Kier molecular flexibility index (Phi) is 5.34. The van der Waals surface area contributed by atoms with Crippen molar-refractivity contribution in [3.05, 3.63) is 84.8 Å². The van der Waals surface area contributed by atoms with Gasteiger partial charge in [0.1, 0.15) is 28.5 Å². The topological polar surface area (TPSA) is 103 Å². The number of rotatable bonds is 6. The molecule has 8 nitrogen and oxygen atoms in total. The normalized spacial score (nSPS) is 11.0. The minimum absolute atomic E-state index is 0.157. The number of pyridine rings is 1. The summed E-state index contributed by atoms with van der Waals surface area (Å²) in [4.78, 5) is 17.4. The molecule has 0 spiro atoms. The van der Waals surface area contributed by atoms with E-state index < -0.39 is 0 Å². The second-order valence-corrected chi connectivity index (χ2v) is 7.71. The first kappa shape index (κ1) is 19.9. The molecule has 0 bridgehead atoms. The second kappa shape index (κ2) is 8.60. The number of hydrogen-bond donors (Lipinski definition) is 1. The molecule has 1 N–H and O–H groups in total. The number of aromatic nitrogens is 6. The van der Waals surface area contributed by atoms with E-state index in [1.165, 1.54) is 36.5 Å². The predicted molar refractivity (Wildman–Crippen MR) is 114 cm³/mol. The summed E-state index contributed by atoms with van der Waals surface area (Å²) in [7, 11) is 0. The average Bonchev–Trinajstić information content (AvgIpc) is 3.48. The van der Waals surface area contributed by atoms with Crippen LogP contribution < -0.4 is 0 Å². The molecule has 0 saturated heterocycles. The van der Waals surface area contributed by atoms with Gasteiger partial charge in [0, 0.05) is 24.0 Å². The summed E-state index contributed by atoms with van der Waals surface area (Å²) in [5.74, 6) is 0.0132. The van der Waals surface area contributed by atoms with Gasteiger partial charge in [-0.25, -0.2) is 19.3 Å². The van der Waals surface area contributed by atoms with Crippen molar-refractivity contribution < 1.29 is 13.9 Å².